The molecule has 1 aromatic rings. The first-order valence-electron chi connectivity index (χ1n) is 4.96. The van der Waals surface area contributed by atoms with E-state index in [4.69, 9.17) is 5.11 Å². The highest BCUT2D eigenvalue weighted by Gasteiger charge is 1.97. The van der Waals surface area contributed by atoms with Crippen molar-refractivity contribution in [2.75, 3.05) is 0 Å². The fourth-order valence-corrected chi connectivity index (χ4v) is 1.36. The molecule has 0 radical (unpaired) electrons. The van der Waals surface area contributed by atoms with Crippen molar-refractivity contribution in [3.8, 4) is 0 Å². The van der Waals surface area contributed by atoms with Crippen molar-refractivity contribution in [2.45, 2.75) is 40.0 Å². The van der Waals surface area contributed by atoms with Crippen LogP contribution < -0.4 is 0 Å². The average molecular weight is 208 g/mol. The van der Waals surface area contributed by atoms with Crippen molar-refractivity contribution in [3.63, 3.8) is 0 Å². The number of rotatable bonds is 5. The van der Waals surface area contributed by atoms with Gasteiger partial charge in [0.15, 0.2) is 0 Å². The predicted molar refractivity (Wildman–Crippen MR) is 63.1 cm³/mol. The highest BCUT2D eigenvalue weighted by Crippen LogP contribution is 2.08. The van der Waals surface area contributed by atoms with E-state index < -0.39 is 5.97 Å². The van der Waals surface area contributed by atoms with Gasteiger partial charge in [-0.2, -0.15) is 0 Å². The van der Waals surface area contributed by atoms with Gasteiger partial charge in [0, 0.05) is 6.42 Å². The van der Waals surface area contributed by atoms with E-state index in [0.717, 1.165) is 19.3 Å². The monoisotopic (exact) mass is 208 g/mol. The van der Waals surface area contributed by atoms with Crippen LogP contribution in [0.2, 0.25) is 0 Å². The molecule has 0 atom stereocenters. The zero-order chi connectivity index (χ0) is 10.4. The number of unbranched alkanes of at least 4 members (excludes halogenated alkanes) is 1. The predicted octanol–water partition coefficient (Wildman–Crippen LogP) is 3.43. The Labute approximate surface area is 91.9 Å². The highest BCUT2D eigenvalue weighted by molar-refractivity contribution is 5.66. The maximum absolute atomic E-state index is 10.3. The summed E-state index contributed by atoms with van der Waals surface area (Å²) in [5, 5.41) is 8.45. The Morgan fingerprint density at radius 3 is 2.33 bits per heavy atom. The van der Waals surface area contributed by atoms with Crippen molar-refractivity contribution < 1.29 is 9.90 Å². The van der Waals surface area contributed by atoms with E-state index in [0.29, 0.717) is 0 Å². The van der Waals surface area contributed by atoms with E-state index >= 15 is 0 Å². The molecule has 1 N–H and O–H groups in total. The first-order valence-corrected chi connectivity index (χ1v) is 4.96. The van der Waals surface area contributed by atoms with Crippen LogP contribution in [0.25, 0.3) is 0 Å². The molecule has 0 heterocycles. The van der Waals surface area contributed by atoms with Crippen molar-refractivity contribution in [1.29, 1.82) is 0 Å². The Hall–Kier alpha value is -1.31. The summed E-state index contributed by atoms with van der Waals surface area (Å²) in [6.45, 7) is 2.06. The summed E-state index contributed by atoms with van der Waals surface area (Å²) < 4.78 is 0. The summed E-state index contributed by atoms with van der Waals surface area (Å²) in [5.41, 5.74) is 2.56. The number of hydrogen-bond acceptors (Lipinski definition) is 1. The second-order valence-electron chi connectivity index (χ2n) is 3.59. The van der Waals surface area contributed by atoms with Crippen LogP contribution in [-0.4, -0.2) is 11.1 Å². The van der Waals surface area contributed by atoms with Crippen LogP contribution in [-0.2, 0) is 11.2 Å². The van der Waals surface area contributed by atoms with Gasteiger partial charge in [0.05, 0.1) is 0 Å². The maximum atomic E-state index is 10.3. The van der Waals surface area contributed by atoms with Gasteiger partial charge >= 0.3 is 5.97 Å². The minimum atomic E-state index is -0.700. The van der Waals surface area contributed by atoms with Gasteiger partial charge in [0.25, 0.3) is 0 Å². The standard InChI is InChI=1S/C12H16O2.CH4/c1-10-6-8-11(9-7-10)4-2-3-5-12(13)14;/h6-9H,2-5H2,1H3,(H,13,14);1H4. The molecule has 1 rings (SSSR count). The highest BCUT2D eigenvalue weighted by atomic mass is 16.4. The first-order chi connectivity index (χ1) is 6.68. The lowest BCUT2D eigenvalue weighted by atomic mass is 10.1. The van der Waals surface area contributed by atoms with Gasteiger partial charge in [-0.1, -0.05) is 37.3 Å². The molecule has 1 aromatic carbocycles. The number of aliphatic carboxylic acids is 1. The van der Waals surface area contributed by atoms with Crippen LogP contribution in [0.1, 0.15) is 37.8 Å². The number of carboxylic acid groups (broad SMARTS) is 1. The zero-order valence-corrected chi connectivity index (χ0v) is 8.49. The molecule has 0 saturated heterocycles. The van der Waals surface area contributed by atoms with Crippen LogP contribution in [0.3, 0.4) is 0 Å². The molecule has 0 aliphatic rings. The molecule has 2 nitrogen and oxygen atoms in total. The Kier molecular flexibility index (Phi) is 6.43. The summed E-state index contributed by atoms with van der Waals surface area (Å²) in [6.07, 6.45) is 2.98. The number of hydrogen-bond donors (Lipinski definition) is 1. The smallest absolute Gasteiger partial charge is 0.303 e. The van der Waals surface area contributed by atoms with E-state index in [2.05, 4.69) is 31.2 Å². The Balaban J connectivity index is 0.00000196. The molecule has 2 heteroatoms. The summed E-state index contributed by atoms with van der Waals surface area (Å²) >= 11 is 0. The van der Waals surface area contributed by atoms with Crippen molar-refractivity contribution >= 4 is 5.97 Å². The molecule has 0 fully saturated rings. The minimum absolute atomic E-state index is 0. The lowest BCUT2D eigenvalue weighted by Gasteiger charge is -2.00. The third-order valence-electron chi connectivity index (χ3n) is 2.23. The lowest BCUT2D eigenvalue weighted by molar-refractivity contribution is -0.137. The molecule has 0 bridgehead atoms. The molecule has 15 heavy (non-hydrogen) atoms. The Morgan fingerprint density at radius 2 is 1.80 bits per heavy atom. The van der Waals surface area contributed by atoms with Crippen molar-refractivity contribution in [3.05, 3.63) is 35.4 Å². The summed E-state index contributed by atoms with van der Waals surface area (Å²) in [4.78, 5) is 10.3. The van der Waals surface area contributed by atoms with Gasteiger partial charge in [-0.05, 0) is 31.7 Å². The number of carboxylic acids is 1. The number of benzene rings is 1. The second kappa shape index (κ2) is 7.04. The lowest BCUT2D eigenvalue weighted by Crippen LogP contribution is -1.94. The van der Waals surface area contributed by atoms with E-state index in [1.807, 2.05) is 0 Å². The van der Waals surface area contributed by atoms with Gasteiger partial charge in [-0.15, -0.1) is 0 Å². The Bertz CT molecular complexity index is 288. The molecular weight excluding hydrogens is 188 g/mol. The van der Waals surface area contributed by atoms with E-state index in [1.54, 1.807) is 0 Å². The minimum Gasteiger partial charge on any atom is -0.481 e. The van der Waals surface area contributed by atoms with Gasteiger partial charge in [0.1, 0.15) is 0 Å². The van der Waals surface area contributed by atoms with Crippen molar-refractivity contribution in [2.24, 2.45) is 0 Å². The molecule has 0 unspecified atom stereocenters. The van der Waals surface area contributed by atoms with Crippen molar-refractivity contribution in [1.82, 2.24) is 0 Å². The quantitative estimate of drug-likeness (QED) is 0.753. The molecule has 0 saturated carbocycles. The molecule has 84 valence electrons. The molecule has 0 amide bonds. The number of aryl methyl sites for hydroxylation is 2. The van der Waals surface area contributed by atoms with Gasteiger partial charge in [0.2, 0.25) is 0 Å². The van der Waals surface area contributed by atoms with Crippen LogP contribution in [0.4, 0.5) is 0 Å². The van der Waals surface area contributed by atoms with Crippen LogP contribution in [0, 0.1) is 6.92 Å². The molecule has 0 aliphatic carbocycles. The van der Waals surface area contributed by atoms with Crippen LogP contribution >= 0.6 is 0 Å². The summed E-state index contributed by atoms with van der Waals surface area (Å²) in [5.74, 6) is -0.700. The van der Waals surface area contributed by atoms with E-state index in [-0.39, 0.29) is 13.8 Å². The largest absolute Gasteiger partial charge is 0.481 e. The summed E-state index contributed by atoms with van der Waals surface area (Å²) in [6, 6.07) is 8.39. The van der Waals surface area contributed by atoms with E-state index in [1.165, 1.54) is 11.1 Å². The zero-order valence-electron chi connectivity index (χ0n) is 8.49. The fourth-order valence-electron chi connectivity index (χ4n) is 1.36. The first kappa shape index (κ1) is 13.7. The third-order valence-corrected chi connectivity index (χ3v) is 2.23. The molecular formula is C13H20O2. The molecule has 0 spiro atoms. The molecule has 0 aromatic heterocycles. The summed E-state index contributed by atoms with van der Waals surface area (Å²) in [7, 11) is 0. The topological polar surface area (TPSA) is 37.3 Å². The molecule has 0 aliphatic heterocycles. The third kappa shape index (κ3) is 5.89. The van der Waals surface area contributed by atoms with E-state index in [9.17, 15) is 4.79 Å². The normalized spacial score (nSPS) is 9.40. The van der Waals surface area contributed by atoms with Gasteiger partial charge in [-0.3, -0.25) is 4.79 Å². The second-order valence-corrected chi connectivity index (χ2v) is 3.59. The SMILES string of the molecule is C.Cc1ccc(CCCCC(=O)O)cc1. The van der Waals surface area contributed by atoms with Gasteiger partial charge in [-0.25, -0.2) is 0 Å². The average Bonchev–Trinajstić information content (AvgIpc) is 2.15. The fraction of sp³-hybridized carbons (Fsp3) is 0.462. The van der Waals surface area contributed by atoms with Crippen LogP contribution in [0.15, 0.2) is 24.3 Å². The van der Waals surface area contributed by atoms with Crippen LogP contribution in [0.5, 0.6) is 0 Å². The Morgan fingerprint density at radius 1 is 1.20 bits per heavy atom. The maximum Gasteiger partial charge on any atom is 0.303 e. The van der Waals surface area contributed by atoms with Gasteiger partial charge < -0.3 is 5.11 Å². The number of carbonyl (C=O) groups is 1.